The third-order valence-corrected chi connectivity index (χ3v) is 10.3. The second-order valence-electron chi connectivity index (χ2n) is 13.1. The van der Waals surface area contributed by atoms with Crippen LogP contribution >= 0.6 is 0 Å². The molecule has 3 heterocycles. The number of hydrogen-bond acceptors (Lipinski definition) is 8. The molecule has 5 atom stereocenters. The first-order chi connectivity index (χ1) is 19.6. The fourth-order valence-corrected chi connectivity index (χ4v) is 7.53. The highest BCUT2D eigenvalue weighted by Crippen LogP contribution is 2.65. The van der Waals surface area contributed by atoms with Crippen LogP contribution in [0.5, 0.6) is 0 Å². The largest absolute Gasteiger partial charge is 0.422 e. The van der Waals surface area contributed by atoms with Gasteiger partial charge >= 0.3 is 0 Å². The van der Waals surface area contributed by atoms with Crippen molar-refractivity contribution in [2.45, 2.75) is 89.8 Å². The van der Waals surface area contributed by atoms with Crippen molar-refractivity contribution in [1.29, 1.82) is 0 Å². The molecule has 0 radical (unpaired) electrons. The van der Waals surface area contributed by atoms with Crippen molar-refractivity contribution in [1.82, 2.24) is 20.2 Å². The van der Waals surface area contributed by atoms with Crippen molar-refractivity contribution >= 4 is 40.7 Å². The Hall–Kier alpha value is -3.50. The normalized spacial score (nSPS) is 27.0. The number of likely N-dealkylation sites (tertiary alicyclic amines) is 1. The van der Waals surface area contributed by atoms with Crippen LogP contribution in [-0.4, -0.2) is 63.0 Å². The SMILES string of the molecule is CC1(C)C2[C@@H](C(=O)N[C@@H](CC3CCC3)C(=O)C(N)=O)N(C(=O)[C@@H](Nc3nc4ncccc4o3)C3CCCCC3)C[C@@H]21. The Labute approximate surface area is 239 Å². The summed E-state index contributed by atoms with van der Waals surface area (Å²) in [5.74, 6) is -1.88. The third kappa shape index (κ3) is 5.19. The quantitative estimate of drug-likeness (QED) is 0.371. The first-order valence-corrected chi connectivity index (χ1v) is 15.1. The van der Waals surface area contributed by atoms with Gasteiger partial charge in [-0.2, -0.15) is 4.98 Å². The van der Waals surface area contributed by atoms with Gasteiger partial charge in [0.15, 0.2) is 5.58 Å². The number of amides is 3. The molecule has 0 spiro atoms. The number of nitrogens with two attached hydrogens (primary N) is 1. The molecule has 1 saturated heterocycles. The molecule has 4 aliphatic rings. The van der Waals surface area contributed by atoms with E-state index in [4.69, 9.17) is 10.2 Å². The number of nitrogens with zero attached hydrogens (tertiary/aromatic N) is 3. The van der Waals surface area contributed by atoms with Crippen LogP contribution in [0.2, 0.25) is 0 Å². The Morgan fingerprint density at radius 1 is 1.12 bits per heavy atom. The van der Waals surface area contributed by atoms with Gasteiger partial charge in [-0.15, -0.1) is 0 Å². The second kappa shape index (κ2) is 10.7. The Balaban J connectivity index is 1.26. The molecule has 4 N–H and O–H groups in total. The zero-order valence-corrected chi connectivity index (χ0v) is 23.8. The number of pyridine rings is 1. The summed E-state index contributed by atoms with van der Waals surface area (Å²) in [4.78, 5) is 63.2. The lowest BCUT2D eigenvalue weighted by molar-refractivity contribution is -0.144. The van der Waals surface area contributed by atoms with Crippen LogP contribution in [0.25, 0.3) is 11.2 Å². The average Bonchev–Trinajstić information content (AvgIpc) is 3.29. The van der Waals surface area contributed by atoms with Crippen LogP contribution in [0.3, 0.4) is 0 Å². The highest BCUT2D eigenvalue weighted by Gasteiger charge is 2.69. The minimum atomic E-state index is -1.05. The number of ketones is 1. The minimum absolute atomic E-state index is 0.0278. The van der Waals surface area contributed by atoms with Crippen LogP contribution in [0.15, 0.2) is 22.7 Å². The number of oxazole rings is 1. The summed E-state index contributed by atoms with van der Waals surface area (Å²) >= 11 is 0. The highest BCUT2D eigenvalue weighted by atomic mass is 16.4. The predicted octanol–water partition coefficient (Wildman–Crippen LogP) is 2.80. The summed E-state index contributed by atoms with van der Waals surface area (Å²) in [5, 5.41) is 6.15. The number of hydrogen-bond donors (Lipinski definition) is 3. The first-order valence-electron chi connectivity index (χ1n) is 15.1. The van der Waals surface area contributed by atoms with Gasteiger partial charge in [0.2, 0.25) is 23.2 Å². The molecular formula is C30H40N6O5. The molecular weight excluding hydrogens is 524 g/mol. The van der Waals surface area contributed by atoms with E-state index in [0.29, 0.717) is 24.2 Å². The first kappa shape index (κ1) is 27.7. The lowest BCUT2D eigenvalue weighted by atomic mass is 9.80. The van der Waals surface area contributed by atoms with E-state index in [1.54, 1.807) is 23.2 Å². The van der Waals surface area contributed by atoms with E-state index >= 15 is 0 Å². The van der Waals surface area contributed by atoms with Gasteiger partial charge in [-0.1, -0.05) is 52.4 Å². The van der Waals surface area contributed by atoms with Crippen molar-refractivity contribution in [2.24, 2.45) is 34.8 Å². The molecule has 0 bridgehead atoms. The Kier molecular flexibility index (Phi) is 7.23. The standard InChI is InChI=1S/C30H40N6O5/c1-30(2)18-15-36(23(21(18)30)27(39)33-19(24(37)25(31)38)14-16-8-6-9-16)28(40)22(17-10-4-3-5-11-17)34-29-35-26-20(41-29)12-7-13-32-26/h7,12-13,16-19,21-23H,3-6,8-11,14-15H2,1-2H3,(H2,31,38)(H,33,39)(H,32,34,35)/t18-,19-,21?,22-,23-/m0/s1. The number of rotatable bonds is 10. The summed E-state index contributed by atoms with van der Waals surface area (Å²) in [7, 11) is 0. The van der Waals surface area contributed by atoms with E-state index < -0.39 is 29.8 Å². The van der Waals surface area contributed by atoms with Gasteiger partial charge < -0.3 is 25.7 Å². The van der Waals surface area contributed by atoms with Crippen LogP contribution in [0.4, 0.5) is 6.01 Å². The number of primary amides is 1. The molecule has 4 fully saturated rings. The Bertz CT molecular complexity index is 1310. The van der Waals surface area contributed by atoms with Gasteiger partial charge in [-0.3, -0.25) is 19.2 Å². The Morgan fingerprint density at radius 2 is 1.88 bits per heavy atom. The number of fused-ring (bicyclic) bond motifs is 2. The molecule has 6 rings (SSSR count). The summed E-state index contributed by atoms with van der Waals surface area (Å²) in [6.45, 7) is 4.70. The molecule has 1 unspecified atom stereocenters. The Morgan fingerprint density at radius 3 is 2.54 bits per heavy atom. The molecule has 11 nitrogen and oxygen atoms in total. The van der Waals surface area contributed by atoms with Crippen molar-refractivity contribution < 1.29 is 23.6 Å². The third-order valence-electron chi connectivity index (χ3n) is 10.3. The average molecular weight is 565 g/mol. The molecule has 1 aliphatic heterocycles. The number of aromatic nitrogens is 2. The van der Waals surface area contributed by atoms with E-state index in [1.165, 1.54) is 0 Å². The zero-order valence-electron chi connectivity index (χ0n) is 23.8. The molecule has 3 saturated carbocycles. The van der Waals surface area contributed by atoms with Gasteiger partial charge in [0.05, 0.1) is 6.04 Å². The topological polar surface area (TPSA) is 161 Å². The number of nitrogens with one attached hydrogen (secondary N) is 2. The maximum absolute atomic E-state index is 14.4. The van der Waals surface area contributed by atoms with Crippen LogP contribution < -0.4 is 16.4 Å². The number of Topliss-reactive ketones (excluding diaryl/α,β-unsaturated/α-hetero) is 1. The molecule has 11 heteroatoms. The smallest absolute Gasteiger partial charge is 0.297 e. The van der Waals surface area contributed by atoms with Crippen LogP contribution in [-0.2, 0) is 19.2 Å². The summed E-state index contributed by atoms with van der Waals surface area (Å²) in [5.41, 5.74) is 6.24. The summed E-state index contributed by atoms with van der Waals surface area (Å²) < 4.78 is 5.88. The van der Waals surface area contributed by atoms with E-state index in [1.807, 2.05) is 0 Å². The highest BCUT2D eigenvalue weighted by molar-refractivity contribution is 6.37. The van der Waals surface area contributed by atoms with Gasteiger partial charge in [0.1, 0.15) is 12.1 Å². The van der Waals surface area contributed by atoms with Gasteiger partial charge in [0.25, 0.3) is 11.9 Å². The number of carbonyl (C=O) groups excluding carboxylic acids is 4. The monoisotopic (exact) mass is 564 g/mol. The van der Waals surface area contributed by atoms with Crippen LogP contribution in [0.1, 0.15) is 71.6 Å². The lowest BCUT2D eigenvalue weighted by Crippen LogP contribution is -2.58. The summed E-state index contributed by atoms with van der Waals surface area (Å²) in [6, 6.07) is 1.47. The maximum atomic E-state index is 14.4. The molecule has 0 aromatic carbocycles. The van der Waals surface area contributed by atoms with E-state index in [-0.39, 0.29) is 46.9 Å². The van der Waals surface area contributed by atoms with E-state index in [2.05, 4.69) is 34.4 Å². The predicted molar refractivity (Wildman–Crippen MR) is 150 cm³/mol. The summed E-state index contributed by atoms with van der Waals surface area (Å²) in [6.07, 6.45) is 10.0. The van der Waals surface area contributed by atoms with Crippen molar-refractivity contribution in [2.75, 3.05) is 11.9 Å². The number of piperidine rings is 1. The fraction of sp³-hybridized carbons (Fsp3) is 0.667. The van der Waals surface area contributed by atoms with Gasteiger partial charge in [0, 0.05) is 12.7 Å². The van der Waals surface area contributed by atoms with Crippen molar-refractivity contribution in [3.05, 3.63) is 18.3 Å². The molecule has 220 valence electrons. The molecule has 3 aliphatic carbocycles. The minimum Gasteiger partial charge on any atom is -0.422 e. The molecule has 41 heavy (non-hydrogen) atoms. The number of anilines is 1. The fourth-order valence-electron chi connectivity index (χ4n) is 7.53. The molecule has 3 amide bonds. The molecule has 2 aromatic heterocycles. The van der Waals surface area contributed by atoms with Crippen molar-refractivity contribution in [3.8, 4) is 0 Å². The second-order valence-corrected chi connectivity index (χ2v) is 13.1. The zero-order chi connectivity index (χ0) is 28.9. The van der Waals surface area contributed by atoms with E-state index in [0.717, 1.165) is 51.4 Å². The van der Waals surface area contributed by atoms with E-state index in [9.17, 15) is 19.2 Å². The number of carbonyl (C=O) groups is 4. The maximum Gasteiger partial charge on any atom is 0.297 e. The lowest BCUT2D eigenvalue weighted by Gasteiger charge is -2.37. The van der Waals surface area contributed by atoms with Gasteiger partial charge in [-0.05, 0) is 60.5 Å². The van der Waals surface area contributed by atoms with Gasteiger partial charge in [-0.25, -0.2) is 4.98 Å². The van der Waals surface area contributed by atoms with Crippen LogP contribution in [0, 0.1) is 29.1 Å². The van der Waals surface area contributed by atoms with Crippen molar-refractivity contribution in [3.63, 3.8) is 0 Å². The molecule has 2 aromatic rings.